The van der Waals surface area contributed by atoms with Gasteiger partial charge >= 0.3 is 7.60 Å². The van der Waals surface area contributed by atoms with Gasteiger partial charge in [0.15, 0.2) is 0 Å². The molecule has 4 nitrogen and oxygen atoms in total. The highest BCUT2D eigenvalue weighted by atomic mass is 31.2. The maximum absolute atomic E-state index is 12.4. The van der Waals surface area contributed by atoms with E-state index in [-0.39, 0.29) is 6.42 Å². The van der Waals surface area contributed by atoms with Gasteiger partial charge in [0.05, 0.1) is 12.7 Å². The minimum absolute atomic E-state index is 0.190. The summed E-state index contributed by atoms with van der Waals surface area (Å²) in [5, 5.41) is 8.39. The van der Waals surface area contributed by atoms with Crippen LogP contribution < -0.4 is 0 Å². The lowest BCUT2D eigenvalue weighted by Gasteiger charge is -2.04. The first kappa shape index (κ1) is 8.14. The Morgan fingerprint density at radius 3 is 2.60 bits per heavy atom. The number of hydrogen-bond donors (Lipinski definition) is 2. The molecule has 10 heavy (non-hydrogen) atoms. The van der Waals surface area contributed by atoms with E-state index in [0.717, 1.165) is 0 Å². The van der Waals surface area contributed by atoms with Crippen molar-refractivity contribution in [3.8, 4) is 0 Å². The van der Waals surface area contributed by atoms with Gasteiger partial charge in [0.25, 0.3) is 0 Å². The van der Waals surface area contributed by atoms with Crippen LogP contribution in [0.5, 0.6) is 0 Å². The van der Waals surface area contributed by atoms with E-state index in [1.807, 2.05) is 0 Å². The van der Waals surface area contributed by atoms with Crippen molar-refractivity contribution >= 4 is 7.60 Å². The highest BCUT2D eigenvalue weighted by Gasteiger charge is 2.43. The molecule has 1 aliphatic heterocycles. The van der Waals surface area contributed by atoms with Crippen LogP contribution in [0.15, 0.2) is 0 Å². The lowest BCUT2D eigenvalue weighted by molar-refractivity contribution is 0.121. The molecule has 0 aromatic rings. The summed E-state index contributed by atoms with van der Waals surface area (Å²) in [7, 11) is -4.03. The van der Waals surface area contributed by atoms with Gasteiger partial charge in [-0.1, -0.05) is 0 Å². The Bertz CT molecular complexity index is 173. The van der Waals surface area contributed by atoms with Gasteiger partial charge in [0, 0.05) is 6.42 Å². The second-order valence-corrected chi connectivity index (χ2v) is 4.04. The number of aliphatic hydroxyl groups excluding tert-OH is 1. The van der Waals surface area contributed by atoms with Crippen molar-refractivity contribution in [3.05, 3.63) is 0 Å². The van der Waals surface area contributed by atoms with Crippen LogP contribution in [0.1, 0.15) is 6.42 Å². The molecular weight excluding hydrogens is 162 g/mol. The van der Waals surface area contributed by atoms with Crippen LogP contribution in [0.4, 0.5) is 4.39 Å². The zero-order valence-electron chi connectivity index (χ0n) is 5.11. The Balaban J connectivity index is 2.62. The molecule has 2 N–H and O–H groups in total. The number of rotatable bonds is 1. The maximum atomic E-state index is 12.4. The summed E-state index contributed by atoms with van der Waals surface area (Å²) < 4.78 is 27.2. The normalized spacial score (nSPS) is 47.9. The summed E-state index contributed by atoms with van der Waals surface area (Å²) >= 11 is 0. The van der Waals surface area contributed by atoms with Crippen LogP contribution in [0, 0.1) is 0 Å². The summed E-state index contributed by atoms with van der Waals surface area (Å²) in [6.45, 7) is -0.412. The third kappa shape index (κ3) is 1.37. The van der Waals surface area contributed by atoms with E-state index in [1.54, 1.807) is 0 Å². The molecule has 0 amide bonds. The predicted octanol–water partition coefficient (Wildman–Crippen LogP) is 0.249. The average molecular weight is 170 g/mol. The predicted molar refractivity (Wildman–Crippen MR) is 31.3 cm³/mol. The van der Waals surface area contributed by atoms with E-state index in [1.165, 1.54) is 0 Å². The summed E-state index contributed by atoms with van der Waals surface area (Å²) in [5.41, 5.74) is 0. The summed E-state index contributed by atoms with van der Waals surface area (Å²) in [5.74, 6) is -1.83. The second-order valence-electron chi connectivity index (χ2n) is 2.14. The fraction of sp³-hybridized carbons (Fsp3) is 1.00. The monoisotopic (exact) mass is 170 g/mol. The lowest BCUT2D eigenvalue weighted by Crippen LogP contribution is -2.09. The van der Waals surface area contributed by atoms with Crippen molar-refractivity contribution in [2.75, 3.05) is 6.61 Å². The van der Waals surface area contributed by atoms with Crippen molar-refractivity contribution in [2.45, 2.75) is 18.4 Å². The molecule has 0 spiro atoms. The quantitative estimate of drug-likeness (QED) is 0.553. The molecule has 1 aliphatic rings. The smallest absolute Gasteiger partial charge is 0.362 e. The Hall–Kier alpha value is 0.0400. The van der Waals surface area contributed by atoms with Crippen LogP contribution in [0.3, 0.4) is 0 Å². The maximum Gasteiger partial charge on any atom is 0.362 e. The molecule has 0 aromatic heterocycles. The van der Waals surface area contributed by atoms with Crippen molar-refractivity contribution in [2.24, 2.45) is 0 Å². The molecule has 0 radical (unpaired) electrons. The van der Waals surface area contributed by atoms with Crippen molar-refractivity contribution in [1.82, 2.24) is 0 Å². The van der Waals surface area contributed by atoms with E-state index < -0.39 is 26.2 Å². The average Bonchev–Trinajstić information content (AvgIpc) is 2.08. The molecule has 0 aromatic carbocycles. The SMILES string of the molecule is O=P1(O)OC(CO)CC1F. The first-order chi connectivity index (χ1) is 4.56. The number of hydrogen-bond acceptors (Lipinski definition) is 3. The Morgan fingerprint density at radius 2 is 2.40 bits per heavy atom. The van der Waals surface area contributed by atoms with Crippen LogP contribution in [0.2, 0.25) is 0 Å². The molecule has 60 valence electrons. The van der Waals surface area contributed by atoms with Crippen LogP contribution in [-0.2, 0) is 9.09 Å². The molecule has 0 saturated carbocycles. The van der Waals surface area contributed by atoms with Crippen LogP contribution >= 0.6 is 7.60 Å². The van der Waals surface area contributed by atoms with Gasteiger partial charge in [-0.25, -0.2) is 4.39 Å². The van der Waals surface area contributed by atoms with E-state index in [9.17, 15) is 8.96 Å². The summed E-state index contributed by atoms with van der Waals surface area (Å²) in [6.07, 6.45) is -1.00. The third-order valence-electron chi connectivity index (χ3n) is 1.32. The van der Waals surface area contributed by atoms with Crippen molar-refractivity contribution in [3.63, 3.8) is 0 Å². The van der Waals surface area contributed by atoms with E-state index in [4.69, 9.17) is 10.00 Å². The van der Waals surface area contributed by atoms with Crippen LogP contribution in [0.25, 0.3) is 0 Å². The third-order valence-corrected chi connectivity index (χ3v) is 2.83. The van der Waals surface area contributed by atoms with Gasteiger partial charge in [-0.3, -0.25) is 4.57 Å². The minimum Gasteiger partial charge on any atom is -0.394 e. The first-order valence-electron chi connectivity index (χ1n) is 2.82. The Morgan fingerprint density at radius 1 is 1.80 bits per heavy atom. The highest BCUT2D eigenvalue weighted by Crippen LogP contribution is 2.56. The fourth-order valence-electron chi connectivity index (χ4n) is 0.781. The fourth-order valence-corrected chi connectivity index (χ4v) is 1.99. The number of halogens is 1. The van der Waals surface area contributed by atoms with Gasteiger partial charge in [-0.2, -0.15) is 0 Å². The first-order valence-corrected chi connectivity index (χ1v) is 4.46. The van der Waals surface area contributed by atoms with Gasteiger partial charge in [-0.05, 0) is 0 Å². The molecule has 1 saturated heterocycles. The molecule has 3 atom stereocenters. The zero-order chi connectivity index (χ0) is 7.78. The Kier molecular flexibility index (Phi) is 2.10. The highest BCUT2D eigenvalue weighted by molar-refractivity contribution is 7.53. The lowest BCUT2D eigenvalue weighted by atomic mass is 10.3. The molecule has 1 heterocycles. The molecule has 1 rings (SSSR count). The van der Waals surface area contributed by atoms with Crippen molar-refractivity contribution < 1.29 is 23.5 Å². The molecule has 0 aliphatic carbocycles. The van der Waals surface area contributed by atoms with E-state index in [2.05, 4.69) is 4.52 Å². The van der Waals surface area contributed by atoms with Crippen LogP contribution in [-0.4, -0.2) is 28.6 Å². The van der Waals surface area contributed by atoms with E-state index >= 15 is 0 Å². The Labute approximate surface area is 57.2 Å². The second kappa shape index (κ2) is 2.58. The zero-order valence-corrected chi connectivity index (χ0v) is 6.00. The van der Waals surface area contributed by atoms with Crippen molar-refractivity contribution in [1.29, 1.82) is 0 Å². The molecule has 0 bridgehead atoms. The van der Waals surface area contributed by atoms with Gasteiger partial charge in [0.1, 0.15) is 0 Å². The summed E-state index contributed by atoms with van der Waals surface area (Å²) in [4.78, 5) is 8.61. The van der Waals surface area contributed by atoms with Gasteiger partial charge < -0.3 is 14.5 Å². The van der Waals surface area contributed by atoms with Gasteiger partial charge in [-0.15, -0.1) is 0 Å². The standard InChI is InChI=1S/C4H8FO4P/c5-4-1-3(2-6)9-10(4,7)8/h3-4,6H,1-2H2,(H,7,8). The summed E-state index contributed by atoms with van der Waals surface area (Å²) in [6, 6.07) is 0. The molecule has 3 unspecified atom stereocenters. The minimum atomic E-state index is -4.03. The molecule has 1 fully saturated rings. The largest absolute Gasteiger partial charge is 0.394 e. The van der Waals surface area contributed by atoms with E-state index in [0.29, 0.717) is 0 Å². The molecule has 6 heteroatoms. The topological polar surface area (TPSA) is 66.8 Å². The number of aliphatic hydroxyl groups is 1. The molecular formula is C4H8FO4P. The number of alkyl halides is 1. The van der Waals surface area contributed by atoms with Gasteiger partial charge in [0.2, 0.25) is 5.91 Å².